The Morgan fingerprint density at radius 1 is 0.658 bits per heavy atom. The lowest BCUT2D eigenvalue weighted by Crippen LogP contribution is -2.39. The number of carboxylic acids is 1. The van der Waals surface area contributed by atoms with Crippen LogP contribution in [0.2, 0.25) is 20.1 Å². The Bertz CT molecular complexity index is 3200. The van der Waals surface area contributed by atoms with E-state index < -0.39 is 55.3 Å². The third-order valence-corrected chi connectivity index (χ3v) is 17.5. The van der Waals surface area contributed by atoms with Crippen molar-refractivity contribution in [2.45, 2.75) is 100 Å². The largest absolute Gasteiger partial charge is 0.481 e. The van der Waals surface area contributed by atoms with Gasteiger partial charge in [0, 0.05) is 51.9 Å². The van der Waals surface area contributed by atoms with Crippen molar-refractivity contribution >= 4 is 111 Å². The number of fused-ring (bicyclic) bond motifs is 2. The third-order valence-electron chi connectivity index (χ3n) is 12.7. The van der Waals surface area contributed by atoms with E-state index >= 15 is 0 Å². The van der Waals surface area contributed by atoms with Crippen LogP contribution in [0.5, 0.6) is 0 Å². The number of carboxylic acid groups (broad SMARTS) is 1. The van der Waals surface area contributed by atoms with Gasteiger partial charge in [-0.05, 0) is 54.4 Å². The van der Waals surface area contributed by atoms with E-state index in [0.29, 0.717) is 61.2 Å². The van der Waals surface area contributed by atoms with E-state index in [1.807, 2.05) is 0 Å². The molecule has 2 aliphatic heterocycles. The smallest absolute Gasteiger partial charge is 0.306 e. The standard InChI is InChI=1S/C25H27Cl2F2N3O4S.C23H23Cl2F2N3O4S.CH4/c1-3-36-20(33)13-17(15-5-7-16(8-6-15)37(34,35)4-2)24-30-19-14-18(26)23(21(27)22(19)31-24)32-11-9-25(28,29)10-12-32;1-2-35(33,34)14-5-3-13(4-6-14)15(11-18(31)32)22-28-17-12-16(24)21(19(25)20(17)29-22)30-9-7-23(26,27)8-10-30;/h5-8,14,17H,3-4,9-13H2,1-2H3,(H,30,31);3-6,12,15H,2,7-11H2,1H3,(H,28,29)(H,31,32);1H4. The van der Waals surface area contributed by atoms with Gasteiger partial charge in [0.15, 0.2) is 19.7 Å². The first-order chi connectivity index (χ1) is 33.9. The zero-order chi connectivity index (χ0) is 52.5. The number of benzene rings is 4. The van der Waals surface area contributed by atoms with Gasteiger partial charge in [0.2, 0.25) is 0 Å². The molecule has 2 unspecified atom stereocenters. The van der Waals surface area contributed by atoms with Crippen LogP contribution in [0, 0.1) is 0 Å². The molecule has 0 saturated carbocycles. The Kier molecular flexibility index (Phi) is 18.0. The Hall–Kier alpha value is -4.86. The molecule has 3 N–H and O–H groups in total. The minimum absolute atomic E-state index is 0. The second-order valence-electron chi connectivity index (χ2n) is 17.4. The zero-order valence-electron chi connectivity index (χ0n) is 39.1. The minimum Gasteiger partial charge on any atom is -0.481 e. The van der Waals surface area contributed by atoms with Gasteiger partial charge < -0.3 is 29.6 Å². The van der Waals surface area contributed by atoms with Gasteiger partial charge in [-0.1, -0.05) is 91.9 Å². The van der Waals surface area contributed by atoms with Crippen LogP contribution in [0.25, 0.3) is 22.1 Å². The highest BCUT2D eigenvalue weighted by atomic mass is 35.5. The molecule has 0 radical (unpaired) electrons. The number of aromatic amines is 2. The lowest BCUT2D eigenvalue weighted by Gasteiger charge is -2.34. The maximum Gasteiger partial charge on any atom is 0.306 e. The number of nitrogens with one attached hydrogen (secondary N) is 2. The summed E-state index contributed by atoms with van der Waals surface area (Å²) < 4.78 is 109. The van der Waals surface area contributed by atoms with Gasteiger partial charge in [0.05, 0.1) is 95.1 Å². The summed E-state index contributed by atoms with van der Waals surface area (Å²) in [6.07, 6.45) is -1.57. The van der Waals surface area contributed by atoms with Gasteiger partial charge in [-0.3, -0.25) is 9.59 Å². The van der Waals surface area contributed by atoms with Gasteiger partial charge in [-0.25, -0.2) is 44.4 Å². The van der Waals surface area contributed by atoms with Crippen molar-refractivity contribution in [2.24, 2.45) is 0 Å². The molecule has 2 aromatic heterocycles. The van der Waals surface area contributed by atoms with Gasteiger partial charge in [0.25, 0.3) is 11.8 Å². The number of hydrogen-bond donors (Lipinski definition) is 3. The third kappa shape index (κ3) is 13.0. The Balaban J connectivity index is 0.000000235. The number of piperidine rings is 2. The SMILES string of the molecule is C.CCOC(=O)CC(c1ccc(S(=O)(=O)CC)cc1)c1nc2c(Cl)c(N3CCC(F)(F)CC3)c(Cl)cc2[nH]1.CCS(=O)(=O)c1ccc(C(CC(=O)O)c2nc3c(Cl)c(N4CCC(F)(F)CC4)c(Cl)cc3[nH]2)cc1. The number of aromatic nitrogens is 4. The molecular formula is C49H54Cl4F4N6O8S2. The van der Waals surface area contributed by atoms with Crippen molar-refractivity contribution in [3.8, 4) is 0 Å². The quantitative estimate of drug-likeness (QED) is 0.0651. The summed E-state index contributed by atoms with van der Waals surface area (Å²) in [5, 5.41) is 10.5. The lowest BCUT2D eigenvalue weighted by molar-refractivity contribution is -0.143. The second kappa shape index (κ2) is 22.9. The molecule has 0 aliphatic carbocycles. The molecule has 0 spiro atoms. The number of esters is 1. The molecule has 396 valence electrons. The van der Waals surface area contributed by atoms with Gasteiger partial charge in [0.1, 0.15) is 22.7 Å². The number of rotatable bonds is 15. The summed E-state index contributed by atoms with van der Waals surface area (Å²) in [6, 6.07) is 15.6. The van der Waals surface area contributed by atoms with Crippen molar-refractivity contribution in [1.82, 2.24) is 19.9 Å². The van der Waals surface area contributed by atoms with Crippen LogP contribution in [0.1, 0.15) is 101 Å². The minimum atomic E-state index is -3.41. The molecule has 4 heterocycles. The number of halogens is 8. The van der Waals surface area contributed by atoms with Crippen molar-refractivity contribution in [1.29, 1.82) is 0 Å². The first kappa shape index (κ1) is 57.4. The van der Waals surface area contributed by atoms with Gasteiger partial charge in [-0.15, -0.1) is 0 Å². The number of aliphatic carboxylic acids is 1. The second-order valence-corrected chi connectivity index (χ2v) is 23.5. The number of ether oxygens (including phenoxy) is 1. The Morgan fingerprint density at radius 3 is 1.34 bits per heavy atom. The molecule has 0 bridgehead atoms. The number of carbonyl (C=O) groups excluding carboxylic acids is 1. The summed E-state index contributed by atoms with van der Waals surface area (Å²) in [6.45, 7) is 5.41. The molecule has 73 heavy (non-hydrogen) atoms. The van der Waals surface area contributed by atoms with Crippen molar-refractivity contribution in [2.75, 3.05) is 54.1 Å². The van der Waals surface area contributed by atoms with Crippen molar-refractivity contribution < 1.29 is 53.8 Å². The monoisotopic (exact) mass is 1130 g/mol. The Morgan fingerprint density at radius 2 is 1.01 bits per heavy atom. The number of H-pyrrole nitrogens is 2. The maximum absolute atomic E-state index is 13.7. The van der Waals surface area contributed by atoms with E-state index in [0.717, 1.165) is 0 Å². The topological polar surface area (TPSA) is 196 Å². The van der Waals surface area contributed by atoms with Crippen LogP contribution in [0.3, 0.4) is 0 Å². The van der Waals surface area contributed by atoms with Crippen molar-refractivity contribution in [3.63, 3.8) is 0 Å². The molecule has 8 rings (SSSR count). The summed E-state index contributed by atoms with van der Waals surface area (Å²) in [7, 11) is -6.80. The number of hydrogen-bond acceptors (Lipinski definition) is 11. The van der Waals surface area contributed by atoms with Crippen LogP contribution in [0.4, 0.5) is 28.9 Å². The Labute approximate surface area is 440 Å². The summed E-state index contributed by atoms with van der Waals surface area (Å²) in [5.74, 6) is -7.62. The number of alkyl halides is 4. The molecule has 4 aromatic carbocycles. The number of nitrogens with zero attached hydrogens (tertiary/aromatic N) is 4. The van der Waals surface area contributed by atoms with Crippen LogP contribution in [0.15, 0.2) is 70.5 Å². The highest BCUT2D eigenvalue weighted by molar-refractivity contribution is 7.91. The molecule has 2 saturated heterocycles. The van der Waals surface area contributed by atoms with E-state index in [1.165, 1.54) is 24.3 Å². The zero-order valence-corrected chi connectivity index (χ0v) is 43.7. The summed E-state index contributed by atoms with van der Waals surface area (Å²) in [5.41, 5.74) is 3.81. The molecule has 0 amide bonds. The fraction of sp³-hybridized carbons (Fsp3) is 0.429. The van der Waals surface area contributed by atoms with Crippen LogP contribution < -0.4 is 9.80 Å². The summed E-state index contributed by atoms with van der Waals surface area (Å²) in [4.78, 5) is 43.3. The number of sulfone groups is 2. The van der Waals surface area contributed by atoms with E-state index in [2.05, 4.69) is 19.9 Å². The normalized spacial score (nSPS) is 16.6. The van der Waals surface area contributed by atoms with E-state index in [1.54, 1.807) is 67.0 Å². The fourth-order valence-corrected chi connectivity index (χ4v) is 11.9. The van der Waals surface area contributed by atoms with E-state index in [9.17, 15) is 49.1 Å². The van der Waals surface area contributed by atoms with E-state index in [4.69, 9.17) is 51.1 Å². The molecule has 24 heteroatoms. The molecular weight excluding hydrogens is 1080 g/mol. The lowest BCUT2D eigenvalue weighted by atomic mass is 9.95. The van der Waals surface area contributed by atoms with Crippen LogP contribution in [-0.4, -0.2) is 110 Å². The maximum atomic E-state index is 13.7. The molecule has 6 aromatic rings. The predicted molar refractivity (Wildman–Crippen MR) is 277 cm³/mol. The van der Waals surface area contributed by atoms with Gasteiger partial charge >= 0.3 is 11.9 Å². The molecule has 14 nitrogen and oxygen atoms in total. The average Bonchev–Trinajstić information content (AvgIpc) is 3.96. The average molecular weight is 1140 g/mol. The molecule has 2 aliphatic rings. The first-order valence-electron chi connectivity index (χ1n) is 22.9. The van der Waals surface area contributed by atoms with Gasteiger partial charge in [-0.2, -0.15) is 0 Å². The first-order valence-corrected chi connectivity index (χ1v) is 27.7. The number of carbonyl (C=O) groups is 2. The van der Waals surface area contributed by atoms with Crippen molar-refractivity contribution in [3.05, 3.63) is 104 Å². The van der Waals surface area contributed by atoms with Crippen LogP contribution in [-0.2, 0) is 34.0 Å². The van der Waals surface area contributed by atoms with Crippen LogP contribution >= 0.6 is 46.4 Å². The molecule has 2 atom stereocenters. The predicted octanol–water partition coefficient (Wildman–Crippen LogP) is 12.1. The summed E-state index contributed by atoms with van der Waals surface area (Å²) >= 11 is 26.3. The highest BCUT2D eigenvalue weighted by Crippen LogP contribution is 2.45. The highest BCUT2D eigenvalue weighted by Gasteiger charge is 2.37. The number of anilines is 2. The number of imidazole rings is 2. The fourth-order valence-electron chi connectivity index (χ4n) is 8.66. The van der Waals surface area contributed by atoms with E-state index in [-0.39, 0.29) is 115 Å². The molecule has 2 fully saturated rings.